The Hall–Kier alpha value is -1.60. The van der Waals surface area contributed by atoms with Crippen LogP contribution in [0.4, 0.5) is 4.79 Å². The van der Waals surface area contributed by atoms with Crippen LogP contribution >= 0.6 is 0 Å². The van der Waals surface area contributed by atoms with Crippen LogP contribution in [-0.4, -0.2) is 62.8 Å². The van der Waals surface area contributed by atoms with Crippen LogP contribution < -0.4 is 16.0 Å². The quantitative estimate of drug-likeness (QED) is 0.591. The number of hydrogen-bond acceptors (Lipinski definition) is 5. The summed E-state index contributed by atoms with van der Waals surface area (Å²) in [4.78, 5) is 25.8. The van der Waals surface area contributed by atoms with Gasteiger partial charge in [-0.3, -0.25) is 4.90 Å². The number of likely N-dealkylation sites (N-methyl/N-ethyl adjacent to an activating group) is 1. The maximum Gasteiger partial charge on any atom is 0.337 e. The standard InChI is InChI=1S/C14H24N4O3/c1-3-21-13(19)11-8-16-14(20)17-12(11)9-18-6-4-5-10(18)7-15-2/h10,15H,3-9H2,1-2H3,(H2,16,17,20). The molecule has 0 aromatic carbocycles. The van der Waals surface area contributed by atoms with Gasteiger partial charge in [0.1, 0.15) is 0 Å². The largest absolute Gasteiger partial charge is 0.463 e. The predicted octanol–water partition coefficient (Wildman–Crippen LogP) is -0.200. The highest BCUT2D eigenvalue weighted by atomic mass is 16.5. The number of urea groups is 1. The zero-order valence-electron chi connectivity index (χ0n) is 12.7. The van der Waals surface area contributed by atoms with Crippen molar-refractivity contribution in [2.75, 3.05) is 39.8 Å². The van der Waals surface area contributed by atoms with Gasteiger partial charge in [-0.05, 0) is 33.4 Å². The molecule has 0 aliphatic carbocycles. The number of ether oxygens (including phenoxy) is 1. The fourth-order valence-corrected chi connectivity index (χ4v) is 2.85. The molecule has 118 valence electrons. The molecule has 2 heterocycles. The smallest absolute Gasteiger partial charge is 0.337 e. The lowest BCUT2D eigenvalue weighted by Crippen LogP contribution is -2.48. The average Bonchev–Trinajstić information content (AvgIpc) is 2.87. The summed E-state index contributed by atoms with van der Waals surface area (Å²) in [7, 11) is 1.94. The minimum Gasteiger partial charge on any atom is -0.463 e. The Labute approximate surface area is 125 Å². The second-order valence-electron chi connectivity index (χ2n) is 5.31. The van der Waals surface area contributed by atoms with Crippen molar-refractivity contribution in [1.29, 1.82) is 0 Å². The first-order valence-electron chi connectivity index (χ1n) is 7.48. The molecule has 0 saturated carbocycles. The highest BCUT2D eigenvalue weighted by molar-refractivity contribution is 5.93. The minimum atomic E-state index is -0.357. The fourth-order valence-electron chi connectivity index (χ4n) is 2.85. The molecule has 2 rings (SSSR count). The Morgan fingerprint density at radius 3 is 3.05 bits per heavy atom. The maximum atomic E-state index is 12.0. The number of carbonyl (C=O) groups is 2. The number of nitrogens with zero attached hydrogens (tertiary/aromatic N) is 1. The highest BCUT2D eigenvalue weighted by Gasteiger charge is 2.29. The van der Waals surface area contributed by atoms with Gasteiger partial charge in [-0.25, -0.2) is 9.59 Å². The van der Waals surface area contributed by atoms with Crippen molar-refractivity contribution in [3.8, 4) is 0 Å². The Bertz CT molecular complexity index is 436. The number of carbonyl (C=O) groups excluding carboxylic acids is 2. The summed E-state index contributed by atoms with van der Waals surface area (Å²) in [5.74, 6) is -0.357. The molecule has 1 fully saturated rings. The molecule has 3 N–H and O–H groups in total. The summed E-state index contributed by atoms with van der Waals surface area (Å²) < 4.78 is 5.07. The van der Waals surface area contributed by atoms with E-state index in [0.717, 1.165) is 25.9 Å². The van der Waals surface area contributed by atoms with E-state index < -0.39 is 0 Å². The van der Waals surface area contributed by atoms with Crippen LogP contribution in [0.3, 0.4) is 0 Å². The predicted molar refractivity (Wildman–Crippen MR) is 78.7 cm³/mol. The van der Waals surface area contributed by atoms with Gasteiger partial charge in [0.25, 0.3) is 0 Å². The molecule has 7 heteroatoms. The van der Waals surface area contributed by atoms with E-state index >= 15 is 0 Å². The molecule has 0 bridgehead atoms. The summed E-state index contributed by atoms with van der Waals surface area (Å²) >= 11 is 0. The number of hydrogen-bond donors (Lipinski definition) is 3. The molecule has 7 nitrogen and oxygen atoms in total. The average molecular weight is 296 g/mol. The number of likely N-dealkylation sites (tertiary alicyclic amines) is 1. The van der Waals surface area contributed by atoms with E-state index in [1.807, 2.05) is 7.05 Å². The Kier molecular flexibility index (Phi) is 5.58. The first-order chi connectivity index (χ1) is 10.2. The molecule has 1 unspecified atom stereocenters. The molecule has 0 aromatic rings. The van der Waals surface area contributed by atoms with Gasteiger partial charge in [0.05, 0.1) is 18.7 Å². The third-order valence-electron chi connectivity index (χ3n) is 3.88. The van der Waals surface area contributed by atoms with Gasteiger partial charge < -0.3 is 20.7 Å². The second-order valence-corrected chi connectivity index (χ2v) is 5.31. The fraction of sp³-hybridized carbons (Fsp3) is 0.714. The summed E-state index contributed by atoms with van der Waals surface area (Å²) in [6, 6.07) is 0.181. The van der Waals surface area contributed by atoms with Crippen molar-refractivity contribution < 1.29 is 14.3 Å². The van der Waals surface area contributed by atoms with Crippen molar-refractivity contribution >= 4 is 12.0 Å². The molecule has 2 aliphatic heterocycles. The van der Waals surface area contributed by atoms with Crippen molar-refractivity contribution in [2.24, 2.45) is 0 Å². The van der Waals surface area contributed by atoms with Gasteiger partial charge in [0.15, 0.2) is 0 Å². The number of amides is 2. The highest BCUT2D eigenvalue weighted by Crippen LogP contribution is 2.19. The van der Waals surface area contributed by atoms with E-state index in [4.69, 9.17) is 4.74 Å². The van der Waals surface area contributed by atoms with E-state index in [1.165, 1.54) is 0 Å². The molecule has 1 saturated heterocycles. The normalized spacial score (nSPS) is 23.0. The number of esters is 1. The van der Waals surface area contributed by atoms with Gasteiger partial charge in [0, 0.05) is 24.8 Å². The van der Waals surface area contributed by atoms with Crippen LogP contribution in [-0.2, 0) is 9.53 Å². The number of nitrogens with one attached hydrogen (secondary N) is 3. The minimum absolute atomic E-state index is 0.227. The molecule has 21 heavy (non-hydrogen) atoms. The summed E-state index contributed by atoms with van der Waals surface area (Å²) in [5.41, 5.74) is 1.19. The first kappa shape index (κ1) is 15.8. The van der Waals surface area contributed by atoms with E-state index in [9.17, 15) is 9.59 Å². The zero-order chi connectivity index (χ0) is 15.2. The molecular formula is C14H24N4O3. The van der Waals surface area contributed by atoms with E-state index in [0.29, 0.717) is 30.5 Å². The molecule has 1 atom stereocenters. The lowest BCUT2D eigenvalue weighted by molar-refractivity contribution is -0.138. The van der Waals surface area contributed by atoms with Crippen molar-refractivity contribution in [3.63, 3.8) is 0 Å². The van der Waals surface area contributed by atoms with Gasteiger partial charge in [0.2, 0.25) is 0 Å². The van der Waals surface area contributed by atoms with Crippen molar-refractivity contribution in [3.05, 3.63) is 11.3 Å². The lowest BCUT2D eigenvalue weighted by Gasteiger charge is -2.28. The molecule has 2 amide bonds. The first-order valence-corrected chi connectivity index (χ1v) is 7.48. The monoisotopic (exact) mass is 296 g/mol. The summed E-state index contributed by atoms with van der Waals surface area (Å²) in [6.45, 7) is 4.80. The molecular weight excluding hydrogens is 272 g/mol. The van der Waals surface area contributed by atoms with Crippen LogP contribution in [0.25, 0.3) is 0 Å². The second kappa shape index (κ2) is 7.42. The van der Waals surface area contributed by atoms with Crippen LogP contribution in [0.2, 0.25) is 0 Å². The topological polar surface area (TPSA) is 82.7 Å². The zero-order valence-corrected chi connectivity index (χ0v) is 12.7. The van der Waals surface area contributed by atoms with E-state index in [-0.39, 0.29) is 18.5 Å². The van der Waals surface area contributed by atoms with Gasteiger partial charge >= 0.3 is 12.0 Å². The van der Waals surface area contributed by atoms with Crippen molar-refractivity contribution in [2.45, 2.75) is 25.8 Å². The van der Waals surface area contributed by atoms with Crippen LogP contribution in [0.1, 0.15) is 19.8 Å². The molecule has 0 aromatic heterocycles. The Morgan fingerprint density at radius 2 is 2.33 bits per heavy atom. The Balaban J connectivity index is 2.11. The van der Waals surface area contributed by atoms with Gasteiger partial charge in [-0.1, -0.05) is 0 Å². The Morgan fingerprint density at radius 1 is 1.52 bits per heavy atom. The van der Waals surface area contributed by atoms with E-state index in [1.54, 1.807) is 6.92 Å². The molecule has 0 radical (unpaired) electrons. The van der Waals surface area contributed by atoms with Crippen molar-refractivity contribution in [1.82, 2.24) is 20.9 Å². The summed E-state index contributed by atoms with van der Waals surface area (Å²) in [5, 5.41) is 8.58. The number of rotatable bonds is 6. The third-order valence-corrected chi connectivity index (χ3v) is 3.88. The van der Waals surface area contributed by atoms with Crippen LogP contribution in [0, 0.1) is 0 Å². The third kappa shape index (κ3) is 3.95. The van der Waals surface area contributed by atoms with Crippen LogP contribution in [0.5, 0.6) is 0 Å². The molecule has 0 spiro atoms. The summed E-state index contributed by atoms with van der Waals surface area (Å²) in [6.07, 6.45) is 2.27. The molecule has 2 aliphatic rings. The van der Waals surface area contributed by atoms with E-state index in [2.05, 4.69) is 20.9 Å². The van der Waals surface area contributed by atoms with Gasteiger partial charge in [-0.2, -0.15) is 0 Å². The SMILES string of the molecule is CCOC(=O)C1=C(CN2CCCC2CNC)NC(=O)NC1. The lowest BCUT2D eigenvalue weighted by atomic mass is 10.1. The van der Waals surface area contributed by atoms with Gasteiger partial charge in [-0.15, -0.1) is 0 Å². The van der Waals surface area contributed by atoms with Crippen LogP contribution in [0.15, 0.2) is 11.3 Å². The maximum absolute atomic E-state index is 12.0.